The summed E-state index contributed by atoms with van der Waals surface area (Å²) in [4.78, 5) is 0. The van der Waals surface area contributed by atoms with Crippen LogP contribution in [-0.4, -0.2) is 44.9 Å². The number of halogens is 9. The average Bonchev–Trinajstić information content (AvgIpc) is 2.88. The second kappa shape index (κ2) is 9.07. The maximum Gasteiger partial charge on any atom is 0.460 e. The first-order valence-electron chi connectivity index (χ1n) is 10.2. The van der Waals surface area contributed by atoms with Crippen LogP contribution >= 0.6 is 0 Å². The first-order chi connectivity index (χ1) is 15.4. The van der Waals surface area contributed by atoms with Crippen LogP contribution < -0.4 is 4.74 Å². The molecule has 4 nitrogen and oxygen atoms in total. The van der Waals surface area contributed by atoms with Crippen LogP contribution in [0.3, 0.4) is 0 Å². The van der Waals surface area contributed by atoms with Crippen molar-refractivity contribution in [3.05, 3.63) is 29.3 Å². The van der Waals surface area contributed by atoms with E-state index in [1.54, 1.807) is 19.9 Å². The Balaban J connectivity index is 2.58. The lowest BCUT2D eigenvalue weighted by Gasteiger charge is -2.40. The fourth-order valence-electron chi connectivity index (χ4n) is 4.27. The summed E-state index contributed by atoms with van der Waals surface area (Å²) >= 11 is 0. The molecule has 0 fully saturated rings. The number of hydrogen-bond acceptors (Lipinski definition) is 4. The van der Waals surface area contributed by atoms with Crippen LogP contribution in [0.2, 0.25) is 0 Å². The molecular formula is C20H23F9O4S. The molecule has 34 heavy (non-hydrogen) atoms. The third kappa shape index (κ3) is 4.24. The first-order valence-corrected chi connectivity index (χ1v) is 11.6. The van der Waals surface area contributed by atoms with Crippen molar-refractivity contribution in [2.45, 2.75) is 80.7 Å². The van der Waals surface area contributed by atoms with Gasteiger partial charge in [-0.15, -0.1) is 0 Å². The fourth-order valence-corrected chi connectivity index (χ4v) is 5.42. The molecule has 0 N–H and O–H groups in total. The maximum atomic E-state index is 14.3. The Morgan fingerprint density at radius 1 is 0.971 bits per heavy atom. The molecule has 0 amide bonds. The van der Waals surface area contributed by atoms with Crippen LogP contribution in [0, 0.1) is 0 Å². The molecule has 1 aliphatic rings. The van der Waals surface area contributed by atoms with Gasteiger partial charge >= 0.3 is 33.4 Å². The van der Waals surface area contributed by atoms with Crippen LogP contribution in [0.1, 0.15) is 50.7 Å². The van der Waals surface area contributed by atoms with Crippen molar-refractivity contribution >= 4 is 10.1 Å². The van der Waals surface area contributed by atoms with E-state index in [-0.39, 0.29) is 25.7 Å². The number of methoxy groups -OCH3 is 1. The van der Waals surface area contributed by atoms with Crippen molar-refractivity contribution in [1.29, 1.82) is 0 Å². The smallest absolute Gasteiger partial charge is 0.460 e. The van der Waals surface area contributed by atoms with Crippen LogP contribution in [0.15, 0.2) is 18.2 Å². The largest absolute Gasteiger partial charge is 0.497 e. The highest BCUT2D eigenvalue weighted by molar-refractivity contribution is 7.87. The Hall–Kier alpha value is -1.70. The summed E-state index contributed by atoms with van der Waals surface area (Å²) in [6, 6.07) is 4.65. The normalized spacial score (nSPS) is 19.9. The molecule has 1 atom stereocenters. The molecule has 196 valence electrons. The van der Waals surface area contributed by atoms with Crippen LogP contribution in [0.4, 0.5) is 39.5 Å². The van der Waals surface area contributed by atoms with Gasteiger partial charge < -0.3 is 4.74 Å². The zero-order chi connectivity index (χ0) is 26.4. The minimum atomic E-state index is -7.35. The molecule has 1 aliphatic carbocycles. The molecule has 1 unspecified atom stereocenters. The molecule has 0 radical (unpaired) electrons. The Bertz CT molecular complexity index is 986. The van der Waals surface area contributed by atoms with Gasteiger partial charge in [0.25, 0.3) is 0 Å². The number of aryl methyl sites for hydroxylation is 1. The lowest BCUT2D eigenvalue weighted by atomic mass is 9.70. The van der Waals surface area contributed by atoms with Gasteiger partial charge in [-0.05, 0) is 55.4 Å². The highest BCUT2D eigenvalue weighted by Gasteiger charge is 2.86. The van der Waals surface area contributed by atoms with E-state index < -0.39 is 44.9 Å². The Labute approximate surface area is 190 Å². The summed E-state index contributed by atoms with van der Waals surface area (Å²) < 4.78 is 154. The van der Waals surface area contributed by atoms with Gasteiger partial charge in [-0.3, -0.25) is 4.18 Å². The first kappa shape index (κ1) is 28.5. The van der Waals surface area contributed by atoms with E-state index in [1.165, 1.54) is 19.2 Å². The SMILES string of the molecule is CCC1(CC)c2ccc(OC)cc2CCCC1OS(=O)(=O)C(F)(F)C(F)(F)C(F)(F)C(F)(F)F. The maximum absolute atomic E-state index is 14.3. The topological polar surface area (TPSA) is 52.6 Å². The molecule has 2 rings (SSSR count). The monoisotopic (exact) mass is 530 g/mol. The van der Waals surface area contributed by atoms with Gasteiger partial charge in [0.05, 0.1) is 13.2 Å². The zero-order valence-corrected chi connectivity index (χ0v) is 19.1. The van der Waals surface area contributed by atoms with Crippen molar-refractivity contribution < 1.29 is 56.9 Å². The fraction of sp³-hybridized carbons (Fsp3) is 0.700. The average molecular weight is 530 g/mol. The number of benzene rings is 1. The summed E-state index contributed by atoms with van der Waals surface area (Å²) in [6.07, 6.45) is -8.60. The third-order valence-electron chi connectivity index (χ3n) is 6.31. The Morgan fingerprint density at radius 3 is 2.00 bits per heavy atom. The number of alkyl halides is 9. The Kier molecular flexibility index (Phi) is 7.61. The predicted molar refractivity (Wildman–Crippen MR) is 103 cm³/mol. The van der Waals surface area contributed by atoms with Gasteiger partial charge in [0.15, 0.2) is 0 Å². The second-order valence-electron chi connectivity index (χ2n) is 7.98. The molecule has 0 saturated carbocycles. The number of hydrogen-bond donors (Lipinski definition) is 0. The molecule has 0 spiro atoms. The van der Waals surface area contributed by atoms with Gasteiger partial charge in [-0.25, -0.2) is 0 Å². The van der Waals surface area contributed by atoms with E-state index in [4.69, 9.17) is 4.74 Å². The van der Waals surface area contributed by atoms with Crippen molar-refractivity contribution in [2.75, 3.05) is 7.11 Å². The lowest BCUT2D eigenvalue weighted by molar-refractivity contribution is -0.383. The highest BCUT2D eigenvalue weighted by Crippen LogP contribution is 2.56. The number of fused-ring (bicyclic) bond motifs is 1. The van der Waals surface area contributed by atoms with Crippen LogP contribution in [0.5, 0.6) is 5.75 Å². The number of rotatable bonds is 8. The molecule has 0 aliphatic heterocycles. The van der Waals surface area contributed by atoms with Crippen molar-refractivity contribution in [2.24, 2.45) is 0 Å². The standard InChI is InChI=1S/C20H23F9O4S/c1-4-16(5-2)14-10-9-13(32-3)11-12(14)7-6-8-15(16)33-34(30,31)20(28,29)18(23,24)17(21,22)19(25,26)27/h9-11,15H,4-8H2,1-3H3. The summed E-state index contributed by atoms with van der Waals surface area (Å²) in [5, 5.41) is -6.89. The number of ether oxygens (including phenoxy) is 1. The molecule has 0 saturated heterocycles. The van der Waals surface area contributed by atoms with Crippen molar-refractivity contribution in [3.63, 3.8) is 0 Å². The minimum Gasteiger partial charge on any atom is -0.497 e. The Morgan fingerprint density at radius 2 is 1.53 bits per heavy atom. The molecule has 0 bridgehead atoms. The molecule has 1 aromatic rings. The summed E-state index contributed by atoms with van der Waals surface area (Å²) in [5.41, 5.74) is -0.248. The molecule has 0 heterocycles. The van der Waals surface area contributed by atoms with E-state index >= 15 is 0 Å². The van der Waals surface area contributed by atoms with Crippen LogP contribution in [-0.2, 0) is 26.1 Å². The second-order valence-corrected chi connectivity index (χ2v) is 9.59. The van der Waals surface area contributed by atoms with Gasteiger partial charge in [0, 0.05) is 5.41 Å². The van der Waals surface area contributed by atoms with Crippen molar-refractivity contribution in [3.8, 4) is 5.75 Å². The summed E-state index contributed by atoms with van der Waals surface area (Å²) in [6.45, 7) is 3.10. The summed E-state index contributed by atoms with van der Waals surface area (Å²) in [7, 11) is -5.58. The molecule has 0 aromatic heterocycles. The third-order valence-corrected chi connectivity index (χ3v) is 7.68. The predicted octanol–water partition coefficient (Wildman–Crippen LogP) is 6.23. The van der Waals surface area contributed by atoms with Gasteiger partial charge in [-0.1, -0.05) is 19.9 Å². The van der Waals surface area contributed by atoms with E-state index in [0.29, 0.717) is 23.3 Å². The van der Waals surface area contributed by atoms with Crippen LogP contribution in [0.25, 0.3) is 0 Å². The van der Waals surface area contributed by atoms with Gasteiger partial charge in [-0.2, -0.15) is 47.9 Å². The van der Waals surface area contributed by atoms with E-state index in [2.05, 4.69) is 4.18 Å². The lowest BCUT2D eigenvalue weighted by Crippen LogP contribution is -2.64. The van der Waals surface area contributed by atoms with E-state index in [1.807, 2.05) is 0 Å². The van der Waals surface area contributed by atoms with E-state index in [0.717, 1.165) is 0 Å². The summed E-state index contributed by atoms with van der Waals surface area (Å²) in [5.74, 6) is -14.2. The molecule has 1 aromatic carbocycles. The zero-order valence-electron chi connectivity index (χ0n) is 18.3. The highest BCUT2D eigenvalue weighted by atomic mass is 32.2. The van der Waals surface area contributed by atoms with Crippen molar-refractivity contribution in [1.82, 2.24) is 0 Å². The molecule has 14 heteroatoms. The minimum absolute atomic E-state index is 0.0592. The van der Waals surface area contributed by atoms with Gasteiger partial charge in [0.2, 0.25) is 0 Å². The van der Waals surface area contributed by atoms with E-state index in [9.17, 15) is 47.9 Å². The van der Waals surface area contributed by atoms with Gasteiger partial charge in [0.1, 0.15) is 5.75 Å². The quantitative estimate of drug-likeness (QED) is 0.227. The molecular weight excluding hydrogens is 507 g/mol.